The quantitative estimate of drug-likeness (QED) is 0.815. The van der Waals surface area contributed by atoms with Gasteiger partial charge in [-0.25, -0.2) is 4.39 Å². The lowest BCUT2D eigenvalue weighted by molar-refractivity contribution is -0.115. The fourth-order valence-electron chi connectivity index (χ4n) is 2.27. The number of halogens is 2. The predicted octanol–water partition coefficient (Wildman–Crippen LogP) is 3.29. The molecule has 0 spiro atoms. The third-order valence-corrected chi connectivity index (χ3v) is 3.64. The minimum atomic E-state index is -0.417. The van der Waals surface area contributed by atoms with Crippen LogP contribution in [0.1, 0.15) is 11.1 Å². The molecule has 3 N–H and O–H groups in total. The number of carbonyl (C=O) groups excluding carboxylic acids is 1. The summed E-state index contributed by atoms with van der Waals surface area (Å²) in [4.78, 5) is 11.3. The number of amides is 1. The molecule has 1 aliphatic heterocycles. The van der Waals surface area contributed by atoms with Gasteiger partial charge in [0.25, 0.3) is 0 Å². The van der Waals surface area contributed by atoms with Crippen LogP contribution in [0, 0.1) is 5.82 Å². The lowest BCUT2D eigenvalue weighted by Crippen LogP contribution is -2.03. The number of anilines is 2. The van der Waals surface area contributed by atoms with Crippen LogP contribution in [0.4, 0.5) is 15.8 Å². The highest BCUT2D eigenvalue weighted by Gasteiger charge is 2.19. The van der Waals surface area contributed by atoms with E-state index >= 15 is 0 Å². The molecule has 0 unspecified atom stereocenters. The molecule has 108 valence electrons. The Hall–Kier alpha value is -2.27. The predicted molar refractivity (Wildman–Crippen MR) is 79.2 cm³/mol. The zero-order valence-electron chi connectivity index (χ0n) is 10.9. The van der Waals surface area contributed by atoms with Crippen LogP contribution in [0.2, 0.25) is 5.02 Å². The standard InChI is InChI=1S/C15H12ClFN2O2/c16-11-6-12-8(5-15(21)19-12)4-13(11)18-7-9-3-10(17)1-2-14(9)20/h1-4,6,18,20H,5,7H2,(H,19,21). The molecule has 0 radical (unpaired) electrons. The lowest BCUT2D eigenvalue weighted by Gasteiger charge is -2.11. The number of fused-ring (bicyclic) bond motifs is 1. The molecule has 0 saturated heterocycles. The van der Waals surface area contributed by atoms with Gasteiger partial charge in [-0.3, -0.25) is 4.79 Å². The van der Waals surface area contributed by atoms with Gasteiger partial charge in [-0.2, -0.15) is 0 Å². The molecule has 0 saturated carbocycles. The minimum Gasteiger partial charge on any atom is -0.508 e. The van der Waals surface area contributed by atoms with Crippen molar-refractivity contribution in [2.45, 2.75) is 13.0 Å². The lowest BCUT2D eigenvalue weighted by atomic mass is 10.1. The Morgan fingerprint density at radius 1 is 1.33 bits per heavy atom. The number of rotatable bonds is 3. The maximum Gasteiger partial charge on any atom is 0.228 e. The van der Waals surface area contributed by atoms with Gasteiger partial charge in [0.2, 0.25) is 5.91 Å². The molecule has 0 atom stereocenters. The fourth-order valence-corrected chi connectivity index (χ4v) is 2.50. The maximum atomic E-state index is 13.2. The topological polar surface area (TPSA) is 61.4 Å². The Morgan fingerprint density at radius 3 is 2.95 bits per heavy atom. The first-order valence-electron chi connectivity index (χ1n) is 6.36. The smallest absolute Gasteiger partial charge is 0.228 e. The van der Waals surface area contributed by atoms with Crippen LogP contribution in [0.15, 0.2) is 30.3 Å². The number of nitrogens with one attached hydrogen (secondary N) is 2. The van der Waals surface area contributed by atoms with Crippen molar-refractivity contribution in [3.05, 3.63) is 52.3 Å². The van der Waals surface area contributed by atoms with E-state index in [0.29, 0.717) is 28.4 Å². The summed E-state index contributed by atoms with van der Waals surface area (Å²) in [6, 6.07) is 7.22. The van der Waals surface area contributed by atoms with Crippen LogP contribution < -0.4 is 10.6 Å². The molecule has 0 aliphatic carbocycles. The summed E-state index contributed by atoms with van der Waals surface area (Å²) in [5.74, 6) is -0.474. The van der Waals surface area contributed by atoms with Crippen molar-refractivity contribution < 1.29 is 14.3 Å². The molecule has 1 amide bonds. The summed E-state index contributed by atoms with van der Waals surface area (Å²) in [6.07, 6.45) is 0.312. The molecule has 2 aromatic carbocycles. The molecule has 0 bridgehead atoms. The van der Waals surface area contributed by atoms with E-state index in [9.17, 15) is 14.3 Å². The van der Waals surface area contributed by atoms with Crippen molar-refractivity contribution >= 4 is 28.9 Å². The molecule has 1 aliphatic rings. The molecule has 4 nitrogen and oxygen atoms in total. The molecule has 1 heterocycles. The Bertz CT molecular complexity index is 734. The van der Waals surface area contributed by atoms with Crippen molar-refractivity contribution in [3.63, 3.8) is 0 Å². The van der Waals surface area contributed by atoms with E-state index in [1.54, 1.807) is 12.1 Å². The van der Waals surface area contributed by atoms with Gasteiger partial charge in [0.05, 0.1) is 17.1 Å². The Kier molecular flexibility index (Phi) is 3.43. The van der Waals surface area contributed by atoms with E-state index in [0.717, 1.165) is 5.56 Å². The molecule has 3 rings (SSSR count). The van der Waals surface area contributed by atoms with Gasteiger partial charge in [0.1, 0.15) is 11.6 Å². The number of carbonyl (C=O) groups is 1. The van der Waals surface area contributed by atoms with Crippen molar-refractivity contribution in [3.8, 4) is 5.75 Å². The monoisotopic (exact) mass is 306 g/mol. The second-order valence-corrected chi connectivity index (χ2v) is 5.25. The summed E-state index contributed by atoms with van der Waals surface area (Å²) < 4.78 is 13.2. The van der Waals surface area contributed by atoms with Crippen molar-refractivity contribution in [1.29, 1.82) is 0 Å². The highest BCUT2D eigenvalue weighted by atomic mass is 35.5. The molecular formula is C15H12ClFN2O2. The van der Waals surface area contributed by atoms with E-state index in [4.69, 9.17) is 11.6 Å². The second kappa shape index (κ2) is 5.26. The summed E-state index contributed by atoms with van der Waals surface area (Å²) in [7, 11) is 0. The first-order valence-corrected chi connectivity index (χ1v) is 6.74. The average molecular weight is 307 g/mol. The van der Waals surface area contributed by atoms with E-state index in [-0.39, 0.29) is 18.2 Å². The van der Waals surface area contributed by atoms with Crippen LogP contribution >= 0.6 is 11.6 Å². The van der Waals surface area contributed by atoms with Gasteiger partial charge >= 0.3 is 0 Å². The summed E-state index contributed by atoms with van der Waals surface area (Å²) >= 11 is 6.14. The van der Waals surface area contributed by atoms with Crippen LogP contribution in [-0.2, 0) is 17.8 Å². The Morgan fingerprint density at radius 2 is 2.14 bits per heavy atom. The number of phenolic OH excluding ortho intramolecular Hbond substituents is 1. The second-order valence-electron chi connectivity index (χ2n) is 4.84. The largest absolute Gasteiger partial charge is 0.508 e. The first-order chi connectivity index (χ1) is 10.0. The van der Waals surface area contributed by atoms with Crippen molar-refractivity contribution in [1.82, 2.24) is 0 Å². The highest BCUT2D eigenvalue weighted by molar-refractivity contribution is 6.33. The van der Waals surface area contributed by atoms with Gasteiger partial charge in [0.15, 0.2) is 0 Å². The third-order valence-electron chi connectivity index (χ3n) is 3.33. The van der Waals surface area contributed by atoms with Crippen LogP contribution in [0.5, 0.6) is 5.75 Å². The zero-order chi connectivity index (χ0) is 15.0. The molecule has 0 aromatic heterocycles. The van der Waals surface area contributed by atoms with Gasteiger partial charge < -0.3 is 15.7 Å². The summed E-state index contributed by atoms with van der Waals surface area (Å²) in [5.41, 5.74) is 2.64. The molecule has 0 fully saturated rings. The van der Waals surface area contributed by atoms with Gasteiger partial charge in [-0.15, -0.1) is 0 Å². The molecular weight excluding hydrogens is 295 g/mol. The number of hydrogen-bond donors (Lipinski definition) is 3. The van der Waals surface area contributed by atoms with Gasteiger partial charge in [0, 0.05) is 17.8 Å². The van der Waals surface area contributed by atoms with E-state index in [2.05, 4.69) is 10.6 Å². The van der Waals surface area contributed by atoms with E-state index in [1.165, 1.54) is 18.2 Å². The summed E-state index contributed by atoms with van der Waals surface area (Å²) in [6.45, 7) is 0.226. The number of phenols is 1. The van der Waals surface area contributed by atoms with Crippen molar-refractivity contribution in [2.75, 3.05) is 10.6 Å². The fraction of sp³-hybridized carbons (Fsp3) is 0.133. The Labute approximate surface area is 125 Å². The SMILES string of the molecule is O=C1Cc2cc(NCc3cc(F)ccc3O)c(Cl)cc2N1. The normalized spacial score (nSPS) is 13.0. The van der Waals surface area contributed by atoms with Crippen molar-refractivity contribution in [2.24, 2.45) is 0 Å². The molecule has 2 aromatic rings. The Balaban J connectivity index is 1.81. The first kappa shape index (κ1) is 13.7. The number of hydrogen-bond acceptors (Lipinski definition) is 3. The van der Waals surface area contributed by atoms with Crippen LogP contribution in [0.3, 0.4) is 0 Å². The number of aromatic hydroxyl groups is 1. The average Bonchev–Trinajstić information content (AvgIpc) is 2.78. The molecule has 6 heteroatoms. The van der Waals surface area contributed by atoms with Crippen LogP contribution in [0.25, 0.3) is 0 Å². The summed E-state index contributed by atoms with van der Waals surface area (Å²) in [5, 5.41) is 15.9. The van der Waals surface area contributed by atoms with E-state index < -0.39 is 5.82 Å². The van der Waals surface area contributed by atoms with E-state index in [1.807, 2.05) is 0 Å². The number of benzene rings is 2. The maximum absolute atomic E-state index is 13.2. The molecule has 21 heavy (non-hydrogen) atoms. The minimum absolute atomic E-state index is 0.0121. The van der Waals surface area contributed by atoms with Gasteiger partial charge in [-0.1, -0.05) is 11.6 Å². The third kappa shape index (κ3) is 2.78. The zero-order valence-corrected chi connectivity index (χ0v) is 11.7. The van der Waals surface area contributed by atoms with Gasteiger partial charge in [-0.05, 0) is 35.9 Å². The van der Waals surface area contributed by atoms with Crippen LogP contribution in [-0.4, -0.2) is 11.0 Å². The highest BCUT2D eigenvalue weighted by Crippen LogP contribution is 2.33.